The smallest absolute Gasteiger partial charge is 0.311 e. The van der Waals surface area contributed by atoms with Gasteiger partial charge in [-0.25, -0.2) is 9.97 Å². The molecule has 1 atom stereocenters. The second kappa shape index (κ2) is 11.2. The van der Waals surface area contributed by atoms with Gasteiger partial charge >= 0.3 is 5.97 Å². The largest absolute Gasteiger partial charge is 0.493 e. The molecule has 9 nitrogen and oxygen atoms in total. The molecule has 0 radical (unpaired) electrons. The summed E-state index contributed by atoms with van der Waals surface area (Å²) in [7, 11) is -4.10. The van der Waals surface area contributed by atoms with E-state index in [2.05, 4.69) is 14.7 Å². The molecule has 0 spiro atoms. The predicted molar refractivity (Wildman–Crippen MR) is 147 cm³/mol. The van der Waals surface area contributed by atoms with Crippen LogP contribution in [0.1, 0.15) is 33.6 Å². The molecule has 1 saturated heterocycles. The Balaban J connectivity index is 1.60. The minimum atomic E-state index is -4.10. The summed E-state index contributed by atoms with van der Waals surface area (Å²) >= 11 is 6.45. The number of aromatic nitrogens is 2. The molecular weight excluding hydrogens is 528 g/mol. The number of carbonyl (C=O) groups is 1. The van der Waals surface area contributed by atoms with Crippen molar-refractivity contribution < 1.29 is 23.1 Å². The predicted octanol–water partition coefficient (Wildman–Crippen LogP) is 5.32. The summed E-state index contributed by atoms with van der Waals surface area (Å²) in [6.07, 6.45) is 1.22. The van der Waals surface area contributed by atoms with Crippen molar-refractivity contribution in [1.82, 2.24) is 9.97 Å². The fraction of sp³-hybridized carbons (Fsp3) is 0.370. The molecule has 1 aromatic carbocycles. The zero-order valence-corrected chi connectivity index (χ0v) is 23.1. The number of ether oxygens (including phenoxy) is 1. The maximum Gasteiger partial charge on any atom is 0.311 e. The van der Waals surface area contributed by atoms with Crippen molar-refractivity contribution in [1.29, 1.82) is 0 Å². The van der Waals surface area contributed by atoms with Crippen LogP contribution in [-0.2, 0) is 14.8 Å². The van der Waals surface area contributed by atoms with Crippen LogP contribution in [0, 0.1) is 11.3 Å². The number of para-hydroxylation sites is 1. The molecule has 0 saturated carbocycles. The van der Waals surface area contributed by atoms with E-state index in [1.807, 2.05) is 43.0 Å². The Bertz CT molecular complexity index is 1430. The maximum atomic E-state index is 13.3. The molecule has 1 aliphatic heterocycles. The molecule has 3 aromatic rings. The van der Waals surface area contributed by atoms with Gasteiger partial charge in [-0.3, -0.25) is 9.52 Å². The molecule has 0 amide bonds. The Morgan fingerprint density at radius 3 is 2.66 bits per heavy atom. The lowest BCUT2D eigenvalue weighted by Crippen LogP contribution is -2.46. The van der Waals surface area contributed by atoms with E-state index in [0.29, 0.717) is 59.8 Å². The molecule has 38 heavy (non-hydrogen) atoms. The average Bonchev–Trinajstić information content (AvgIpc) is 2.89. The summed E-state index contributed by atoms with van der Waals surface area (Å²) in [6.45, 7) is 7.12. The molecule has 0 bridgehead atoms. The van der Waals surface area contributed by atoms with Crippen LogP contribution in [0.4, 0.5) is 11.6 Å². The van der Waals surface area contributed by atoms with E-state index < -0.39 is 21.4 Å². The van der Waals surface area contributed by atoms with Crippen LogP contribution in [-0.4, -0.2) is 49.2 Å². The Hall–Kier alpha value is -3.37. The van der Waals surface area contributed by atoms with Gasteiger partial charge in [0.2, 0.25) is 0 Å². The molecule has 202 valence electrons. The number of pyridine rings is 2. The second-order valence-corrected chi connectivity index (χ2v) is 12.1. The zero-order valence-electron chi connectivity index (χ0n) is 21.5. The second-order valence-electron chi connectivity index (χ2n) is 10.1. The van der Waals surface area contributed by atoms with Gasteiger partial charge in [-0.05, 0) is 62.1 Å². The first-order valence-corrected chi connectivity index (χ1v) is 14.2. The molecule has 1 fully saturated rings. The van der Waals surface area contributed by atoms with Crippen LogP contribution in [0.3, 0.4) is 0 Å². The molecule has 1 aliphatic rings. The fourth-order valence-electron chi connectivity index (χ4n) is 4.26. The molecule has 3 heterocycles. The minimum absolute atomic E-state index is 0.0756. The molecule has 2 aromatic heterocycles. The maximum absolute atomic E-state index is 13.3. The molecule has 0 aliphatic carbocycles. The van der Waals surface area contributed by atoms with Crippen molar-refractivity contribution in [3.63, 3.8) is 0 Å². The summed E-state index contributed by atoms with van der Waals surface area (Å²) in [6, 6.07) is 15.0. The van der Waals surface area contributed by atoms with Gasteiger partial charge in [0.05, 0.1) is 22.7 Å². The molecule has 4 rings (SSSR count). The molecule has 2 N–H and O–H groups in total. The molecule has 11 heteroatoms. The monoisotopic (exact) mass is 558 g/mol. The lowest BCUT2D eigenvalue weighted by molar-refractivity contribution is -0.148. The molecular formula is C27H31ClN4O5S. The van der Waals surface area contributed by atoms with Crippen molar-refractivity contribution in [2.24, 2.45) is 11.3 Å². The lowest BCUT2D eigenvalue weighted by Gasteiger charge is -2.38. The van der Waals surface area contributed by atoms with Gasteiger partial charge in [-0.1, -0.05) is 43.6 Å². The number of hydrogen-bond acceptors (Lipinski definition) is 7. The van der Waals surface area contributed by atoms with Gasteiger partial charge in [-0.15, -0.1) is 0 Å². The van der Waals surface area contributed by atoms with E-state index in [9.17, 15) is 18.3 Å². The van der Waals surface area contributed by atoms with E-state index in [0.717, 1.165) is 0 Å². The highest BCUT2D eigenvalue weighted by Gasteiger charge is 2.38. The number of rotatable bonds is 9. The van der Waals surface area contributed by atoms with Crippen LogP contribution in [0.15, 0.2) is 59.6 Å². The SMILES string of the molecule is CC(C)COc1ccccc1-c1nc(NS(=O)(=O)c2cccc(N3CCC[C@@](C)(C(=O)O)C3)n2)ccc1Cl. The Kier molecular flexibility index (Phi) is 8.13. The van der Waals surface area contributed by atoms with E-state index in [4.69, 9.17) is 16.3 Å². The fourth-order valence-corrected chi connectivity index (χ4v) is 5.43. The van der Waals surface area contributed by atoms with Gasteiger partial charge in [0, 0.05) is 18.7 Å². The van der Waals surface area contributed by atoms with Crippen LogP contribution in [0.5, 0.6) is 5.75 Å². The van der Waals surface area contributed by atoms with E-state index in [1.54, 1.807) is 25.1 Å². The van der Waals surface area contributed by atoms with E-state index in [1.165, 1.54) is 12.1 Å². The first kappa shape index (κ1) is 27.7. The number of piperidine rings is 1. The quantitative estimate of drug-likeness (QED) is 0.362. The highest BCUT2D eigenvalue weighted by atomic mass is 35.5. The van der Waals surface area contributed by atoms with Crippen molar-refractivity contribution in [2.45, 2.75) is 38.6 Å². The Morgan fingerprint density at radius 2 is 1.92 bits per heavy atom. The van der Waals surface area contributed by atoms with E-state index in [-0.39, 0.29) is 17.4 Å². The summed E-state index contributed by atoms with van der Waals surface area (Å²) in [5.41, 5.74) is 0.103. The Morgan fingerprint density at radius 1 is 1.16 bits per heavy atom. The molecule has 0 unspecified atom stereocenters. The zero-order chi connectivity index (χ0) is 27.5. The average molecular weight is 559 g/mol. The van der Waals surface area contributed by atoms with Gasteiger partial charge in [0.15, 0.2) is 5.03 Å². The number of nitrogens with zero attached hydrogens (tertiary/aromatic N) is 3. The third kappa shape index (κ3) is 6.19. The van der Waals surface area contributed by atoms with Crippen molar-refractivity contribution in [2.75, 3.05) is 29.3 Å². The van der Waals surface area contributed by atoms with Crippen molar-refractivity contribution in [3.8, 4) is 17.0 Å². The van der Waals surface area contributed by atoms with E-state index >= 15 is 0 Å². The topological polar surface area (TPSA) is 122 Å². The number of nitrogens with one attached hydrogen (secondary N) is 1. The number of benzene rings is 1. The lowest BCUT2D eigenvalue weighted by atomic mass is 9.82. The normalized spacial score (nSPS) is 17.9. The number of carboxylic acid groups (broad SMARTS) is 1. The highest BCUT2D eigenvalue weighted by molar-refractivity contribution is 7.92. The van der Waals surface area contributed by atoms with Gasteiger partial charge in [0.25, 0.3) is 10.0 Å². The summed E-state index contributed by atoms with van der Waals surface area (Å²) < 4.78 is 35.0. The van der Waals surface area contributed by atoms with Crippen LogP contribution in [0.2, 0.25) is 5.02 Å². The number of carboxylic acids is 1. The number of sulfonamides is 1. The summed E-state index contributed by atoms with van der Waals surface area (Å²) in [4.78, 5) is 22.4. The highest BCUT2D eigenvalue weighted by Crippen LogP contribution is 2.35. The standard InChI is InChI=1S/C27H31ClN4O5S/c1-18(2)16-37-21-9-5-4-8-19(21)25-20(28)12-13-22(29-25)31-38(35,36)24-11-6-10-23(30-24)32-15-7-14-27(3,17-32)26(33)34/h4-6,8-13,18H,7,14-17H2,1-3H3,(H,29,31)(H,33,34)/t27-/m1/s1. The van der Waals surface area contributed by atoms with Crippen LogP contribution >= 0.6 is 11.6 Å². The van der Waals surface area contributed by atoms with Crippen LogP contribution < -0.4 is 14.4 Å². The third-order valence-electron chi connectivity index (χ3n) is 6.32. The summed E-state index contributed by atoms with van der Waals surface area (Å²) in [5.74, 6) is 0.511. The number of aliphatic carboxylic acids is 1. The third-order valence-corrected chi connectivity index (χ3v) is 7.88. The van der Waals surface area contributed by atoms with Gasteiger partial charge in [0.1, 0.15) is 17.4 Å². The Labute approximate surface area is 227 Å². The van der Waals surface area contributed by atoms with Gasteiger partial charge in [-0.2, -0.15) is 8.42 Å². The first-order valence-electron chi connectivity index (χ1n) is 12.4. The number of halogens is 1. The van der Waals surface area contributed by atoms with Crippen molar-refractivity contribution in [3.05, 3.63) is 59.6 Å². The van der Waals surface area contributed by atoms with Crippen molar-refractivity contribution >= 4 is 39.2 Å². The minimum Gasteiger partial charge on any atom is -0.493 e. The van der Waals surface area contributed by atoms with Gasteiger partial charge < -0.3 is 14.7 Å². The number of anilines is 2. The first-order chi connectivity index (χ1) is 18.0. The number of hydrogen-bond donors (Lipinski definition) is 2. The van der Waals surface area contributed by atoms with Crippen LogP contribution in [0.25, 0.3) is 11.3 Å². The summed E-state index contributed by atoms with van der Waals surface area (Å²) in [5, 5.41) is 9.78.